The minimum Gasteiger partial charge on any atom is -0.460 e. The smallest absolute Gasteiger partial charge is 0.331 e. The molecule has 0 saturated heterocycles. The Morgan fingerprint density at radius 1 is 0.792 bits per heavy atom. The van der Waals surface area contributed by atoms with Crippen molar-refractivity contribution in [3.8, 4) is 0 Å². The number of carbonyl (C=O) groups is 4. The van der Waals surface area contributed by atoms with Crippen LogP contribution in [-0.4, -0.2) is 49.1 Å². The summed E-state index contributed by atoms with van der Waals surface area (Å²) in [7, 11) is 0. The summed E-state index contributed by atoms with van der Waals surface area (Å²) in [4.78, 5) is 45.2. The first-order chi connectivity index (χ1) is 11.3. The summed E-state index contributed by atoms with van der Waals surface area (Å²) in [6.45, 7) is 6.84. The van der Waals surface area contributed by atoms with Crippen LogP contribution in [0, 0.1) is 0 Å². The van der Waals surface area contributed by atoms with E-state index in [0.29, 0.717) is 12.8 Å². The molecule has 0 aromatic heterocycles. The molecule has 0 heterocycles. The average Bonchev–Trinajstić information content (AvgIpc) is 2.55. The second-order valence-electron chi connectivity index (χ2n) is 5.24. The Morgan fingerprint density at radius 2 is 1.12 bits per heavy atom. The van der Waals surface area contributed by atoms with Crippen molar-refractivity contribution in [2.75, 3.05) is 13.2 Å². The van der Waals surface area contributed by atoms with Gasteiger partial charge in [0, 0.05) is 25.0 Å². The Kier molecular flexibility index (Phi) is 10.9. The molecule has 0 spiro atoms. The molecular formula is C16H26N2O6. The molecule has 8 heteroatoms. The maximum Gasteiger partial charge on any atom is 0.331 e. The molecule has 136 valence electrons. The van der Waals surface area contributed by atoms with Gasteiger partial charge in [0.25, 0.3) is 0 Å². The van der Waals surface area contributed by atoms with Crippen LogP contribution >= 0.6 is 0 Å². The van der Waals surface area contributed by atoms with Gasteiger partial charge in [-0.05, 0) is 13.8 Å². The highest BCUT2D eigenvalue weighted by Gasteiger charge is 2.09. The van der Waals surface area contributed by atoms with Gasteiger partial charge in [-0.2, -0.15) is 0 Å². The standard InChI is InChI=1S/C16H26N2O6/c1-5-13(19)17-11(3)9-23-15(21)7-8-16(22)24-10-12(4)18-14(20)6-2/h7-8,11-12H,5-6,9-10H2,1-4H3,(H,17,19)(H,18,20)/b8-7+/t11-,12-/m1/s1. The van der Waals surface area contributed by atoms with Crippen LogP contribution in [-0.2, 0) is 28.7 Å². The molecule has 0 fully saturated rings. The zero-order valence-electron chi connectivity index (χ0n) is 14.6. The van der Waals surface area contributed by atoms with Gasteiger partial charge in [0.15, 0.2) is 0 Å². The van der Waals surface area contributed by atoms with Gasteiger partial charge in [0.2, 0.25) is 11.8 Å². The second kappa shape index (κ2) is 12.1. The number of hydrogen-bond donors (Lipinski definition) is 2. The molecule has 0 radical (unpaired) electrons. The largest absolute Gasteiger partial charge is 0.460 e. The van der Waals surface area contributed by atoms with Gasteiger partial charge in [-0.3, -0.25) is 9.59 Å². The molecule has 0 bridgehead atoms. The van der Waals surface area contributed by atoms with Crippen molar-refractivity contribution >= 4 is 23.8 Å². The number of nitrogens with one attached hydrogen (secondary N) is 2. The van der Waals surface area contributed by atoms with Gasteiger partial charge < -0.3 is 20.1 Å². The summed E-state index contributed by atoms with van der Waals surface area (Å²) in [5.41, 5.74) is 0. The van der Waals surface area contributed by atoms with E-state index in [4.69, 9.17) is 9.47 Å². The monoisotopic (exact) mass is 342 g/mol. The molecule has 0 saturated carbocycles. The van der Waals surface area contributed by atoms with Gasteiger partial charge in [-0.1, -0.05) is 13.8 Å². The van der Waals surface area contributed by atoms with Crippen LogP contribution < -0.4 is 10.6 Å². The van der Waals surface area contributed by atoms with Gasteiger partial charge in [-0.15, -0.1) is 0 Å². The Balaban J connectivity index is 4.02. The lowest BCUT2D eigenvalue weighted by molar-refractivity contribution is -0.141. The highest BCUT2D eigenvalue weighted by atomic mass is 16.5. The van der Waals surface area contributed by atoms with Crippen LogP contribution in [0.4, 0.5) is 0 Å². The van der Waals surface area contributed by atoms with Gasteiger partial charge in [-0.25, -0.2) is 9.59 Å². The van der Waals surface area contributed by atoms with Crippen LogP contribution in [0.2, 0.25) is 0 Å². The van der Waals surface area contributed by atoms with E-state index in [2.05, 4.69) is 10.6 Å². The number of amides is 2. The number of rotatable bonds is 10. The maximum atomic E-state index is 11.4. The quantitative estimate of drug-likeness (QED) is 0.441. The van der Waals surface area contributed by atoms with Crippen molar-refractivity contribution in [2.45, 2.75) is 52.6 Å². The molecule has 0 rings (SSSR count). The highest BCUT2D eigenvalue weighted by Crippen LogP contribution is 1.92. The fourth-order valence-corrected chi connectivity index (χ4v) is 1.48. The number of hydrogen-bond acceptors (Lipinski definition) is 6. The molecule has 0 unspecified atom stereocenters. The van der Waals surface area contributed by atoms with Gasteiger partial charge >= 0.3 is 11.9 Å². The van der Waals surface area contributed by atoms with Crippen molar-refractivity contribution in [3.05, 3.63) is 12.2 Å². The molecule has 2 atom stereocenters. The summed E-state index contributed by atoms with van der Waals surface area (Å²) in [6.07, 6.45) is 2.60. The number of ether oxygens (including phenoxy) is 2. The van der Waals surface area contributed by atoms with E-state index in [-0.39, 0.29) is 37.1 Å². The summed E-state index contributed by atoms with van der Waals surface area (Å²) in [5.74, 6) is -1.70. The third-order valence-corrected chi connectivity index (χ3v) is 2.76. The zero-order chi connectivity index (χ0) is 18.5. The third-order valence-electron chi connectivity index (χ3n) is 2.76. The molecule has 0 aliphatic rings. The van der Waals surface area contributed by atoms with Crippen LogP contribution in [0.15, 0.2) is 12.2 Å². The molecular weight excluding hydrogens is 316 g/mol. The summed E-state index contributed by atoms with van der Waals surface area (Å²) in [5, 5.41) is 5.27. The predicted molar refractivity (Wildman–Crippen MR) is 86.8 cm³/mol. The molecule has 24 heavy (non-hydrogen) atoms. The summed E-state index contributed by atoms with van der Waals surface area (Å²) >= 11 is 0. The van der Waals surface area contributed by atoms with Crippen LogP contribution in [0.1, 0.15) is 40.5 Å². The van der Waals surface area contributed by atoms with Crippen LogP contribution in [0.25, 0.3) is 0 Å². The SMILES string of the molecule is CCC(=O)N[C@H](C)COC(=O)/C=C/C(=O)OC[C@@H](C)NC(=O)CC. The van der Waals surface area contributed by atoms with Crippen LogP contribution in [0.3, 0.4) is 0 Å². The van der Waals surface area contributed by atoms with E-state index >= 15 is 0 Å². The van der Waals surface area contributed by atoms with Crippen molar-refractivity contribution in [1.82, 2.24) is 10.6 Å². The number of esters is 2. The molecule has 0 aromatic carbocycles. The lowest BCUT2D eigenvalue weighted by Crippen LogP contribution is -2.36. The molecule has 0 aromatic rings. The normalized spacial score (nSPS) is 13.0. The van der Waals surface area contributed by atoms with Crippen molar-refractivity contribution in [3.63, 3.8) is 0 Å². The Labute approximate surface area is 141 Å². The summed E-state index contributed by atoms with van der Waals surface area (Å²) in [6, 6.07) is -0.630. The molecule has 0 aliphatic heterocycles. The molecule has 2 amide bonds. The van der Waals surface area contributed by atoms with Gasteiger partial charge in [0.05, 0.1) is 12.1 Å². The van der Waals surface area contributed by atoms with Crippen molar-refractivity contribution < 1.29 is 28.7 Å². The van der Waals surface area contributed by atoms with Crippen LogP contribution in [0.5, 0.6) is 0 Å². The van der Waals surface area contributed by atoms with Crippen molar-refractivity contribution in [1.29, 1.82) is 0 Å². The van der Waals surface area contributed by atoms with E-state index < -0.39 is 11.9 Å². The predicted octanol–water partition coefficient (Wildman–Crippen LogP) is 0.458. The third kappa shape index (κ3) is 11.2. The van der Waals surface area contributed by atoms with E-state index in [1.807, 2.05) is 0 Å². The minimum atomic E-state index is -0.711. The van der Waals surface area contributed by atoms with Gasteiger partial charge in [0.1, 0.15) is 13.2 Å². The van der Waals surface area contributed by atoms with E-state index in [1.165, 1.54) is 0 Å². The van der Waals surface area contributed by atoms with E-state index in [9.17, 15) is 19.2 Å². The highest BCUT2D eigenvalue weighted by molar-refractivity contribution is 5.91. The first-order valence-corrected chi connectivity index (χ1v) is 7.88. The maximum absolute atomic E-state index is 11.4. The minimum absolute atomic E-state index is 0.00401. The van der Waals surface area contributed by atoms with E-state index in [0.717, 1.165) is 12.2 Å². The second-order valence-corrected chi connectivity index (χ2v) is 5.24. The van der Waals surface area contributed by atoms with E-state index in [1.54, 1.807) is 27.7 Å². The molecule has 2 N–H and O–H groups in total. The zero-order valence-corrected chi connectivity index (χ0v) is 14.6. The molecule has 8 nitrogen and oxygen atoms in total. The molecule has 0 aliphatic carbocycles. The first kappa shape index (κ1) is 21.6. The Hall–Kier alpha value is -2.38. The first-order valence-electron chi connectivity index (χ1n) is 7.88. The fraction of sp³-hybridized carbons (Fsp3) is 0.625. The lowest BCUT2D eigenvalue weighted by Gasteiger charge is -2.13. The summed E-state index contributed by atoms with van der Waals surface area (Å²) < 4.78 is 9.77. The average molecular weight is 342 g/mol. The lowest BCUT2D eigenvalue weighted by atomic mass is 10.3. The number of carbonyl (C=O) groups excluding carboxylic acids is 4. The Morgan fingerprint density at radius 3 is 1.42 bits per heavy atom. The topological polar surface area (TPSA) is 111 Å². The fourth-order valence-electron chi connectivity index (χ4n) is 1.48. The Bertz CT molecular complexity index is 433. The van der Waals surface area contributed by atoms with Crippen molar-refractivity contribution in [2.24, 2.45) is 0 Å².